The number of nitrogens with one attached hydrogen (secondary N) is 1. The van der Waals surface area contributed by atoms with Crippen LogP contribution in [0, 0.1) is 20.2 Å². The number of non-ortho nitro benzene ring substituents is 1. The summed E-state index contributed by atoms with van der Waals surface area (Å²) >= 11 is 0. The van der Waals surface area contributed by atoms with Gasteiger partial charge >= 0.3 is 5.69 Å². The number of hydrazone groups is 1. The number of nitro groups is 2. The van der Waals surface area contributed by atoms with E-state index in [2.05, 4.69) is 10.5 Å². The first-order valence-corrected chi connectivity index (χ1v) is 6.90. The summed E-state index contributed by atoms with van der Waals surface area (Å²) in [4.78, 5) is 20.4. The minimum Gasteiger partial charge on any atom is -0.493 e. The molecule has 0 aliphatic rings. The number of benzene rings is 2. The average molecular weight is 346 g/mol. The molecule has 0 aliphatic carbocycles. The van der Waals surface area contributed by atoms with E-state index in [-0.39, 0.29) is 11.4 Å². The number of hydrogen-bond acceptors (Lipinski definition) is 8. The highest BCUT2D eigenvalue weighted by molar-refractivity contribution is 5.85. The molecule has 0 aliphatic heterocycles. The van der Waals surface area contributed by atoms with Crippen molar-refractivity contribution in [2.24, 2.45) is 5.10 Å². The van der Waals surface area contributed by atoms with Crippen LogP contribution in [0.15, 0.2) is 41.5 Å². The Labute approximate surface area is 142 Å². The van der Waals surface area contributed by atoms with Gasteiger partial charge in [-0.25, -0.2) is 0 Å². The van der Waals surface area contributed by atoms with Gasteiger partial charge in [0.1, 0.15) is 5.69 Å². The van der Waals surface area contributed by atoms with Gasteiger partial charge in [-0.1, -0.05) is 6.07 Å². The lowest BCUT2D eigenvalue weighted by molar-refractivity contribution is -0.393. The van der Waals surface area contributed by atoms with E-state index >= 15 is 0 Å². The molecule has 0 heterocycles. The van der Waals surface area contributed by atoms with Crippen molar-refractivity contribution >= 4 is 23.3 Å². The van der Waals surface area contributed by atoms with Gasteiger partial charge in [-0.05, 0) is 18.2 Å². The maximum Gasteiger partial charge on any atom is 0.301 e. The molecule has 2 aromatic rings. The molecule has 1 N–H and O–H groups in total. The molecular weight excluding hydrogens is 332 g/mol. The topological polar surface area (TPSA) is 129 Å². The Kier molecular flexibility index (Phi) is 5.46. The van der Waals surface area contributed by atoms with Crippen LogP contribution < -0.4 is 14.9 Å². The number of nitro benzene ring substituents is 2. The summed E-state index contributed by atoms with van der Waals surface area (Å²) in [5, 5.41) is 25.7. The van der Waals surface area contributed by atoms with Crippen LogP contribution >= 0.6 is 0 Å². The molecular formula is C15H14N4O6. The second-order valence-corrected chi connectivity index (χ2v) is 4.67. The van der Waals surface area contributed by atoms with Crippen LogP contribution in [0.1, 0.15) is 5.56 Å². The normalized spacial score (nSPS) is 10.5. The van der Waals surface area contributed by atoms with Crippen LogP contribution in [0.3, 0.4) is 0 Å². The number of nitrogens with zero attached hydrogens (tertiary/aromatic N) is 3. The molecule has 0 saturated carbocycles. The summed E-state index contributed by atoms with van der Waals surface area (Å²) in [6.45, 7) is 0. The van der Waals surface area contributed by atoms with Gasteiger partial charge in [0.2, 0.25) is 0 Å². The van der Waals surface area contributed by atoms with Gasteiger partial charge in [0.05, 0.1) is 36.3 Å². The average Bonchev–Trinajstić information content (AvgIpc) is 2.61. The lowest BCUT2D eigenvalue weighted by Crippen LogP contribution is -1.99. The largest absolute Gasteiger partial charge is 0.493 e. The number of hydrogen-bond donors (Lipinski definition) is 1. The van der Waals surface area contributed by atoms with Crippen molar-refractivity contribution in [3.8, 4) is 11.5 Å². The van der Waals surface area contributed by atoms with E-state index in [0.717, 1.165) is 12.1 Å². The molecule has 10 heteroatoms. The second-order valence-electron chi connectivity index (χ2n) is 4.67. The molecule has 0 bridgehead atoms. The second kappa shape index (κ2) is 7.73. The molecule has 2 rings (SSSR count). The Bertz CT molecular complexity index is 837. The van der Waals surface area contributed by atoms with E-state index in [1.807, 2.05) is 0 Å². The highest BCUT2D eigenvalue weighted by Crippen LogP contribution is 2.30. The zero-order valence-corrected chi connectivity index (χ0v) is 13.3. The fourth-order valence-corrected chi connectivity index (χ4v) is 2.06. The summed E-state index contributed by atoms with van der Waals surface area (Å²) in [5.41, 5.74) is 2.28. The maximum atomic E-state index is 11.1. The maximum absolute atomic E-state index is 11.1. The van der Waals surface area contributed by atoms with Crippen LogP contribution in [0.25, 0.3) is 0 Å². The molecule has 130 valence electrons. The summed E-state index contributed by atoms with van der Waals surface area (Å²) in [7, 11) is 2.97. The molecule has 0 unspecified atom stereocenters. The molecule has 0 atom stereocenters. The van der Waals surface area contributed by atoms with Crippen molar-refractivity contribution in [3.05, 3.63) is 62.2 Å². The van der Waals surface area contributed by atoms with Crippen molar-refractivity contribution in [3.63, 3.8) is 0 Å². The predicted molar refractivity (Wildman–Crippen MR) is 90.5 cm³/mol. The van der Waals surface area contributed by atoms with Crippen LogP contribution in [0.4, 0.5) is 17.1 Å². The van der Waals surface area contributed by atoms with Crippen molar-refractivity contribution in [2.45, 2.75) is 0 Å². The van der Waals surface area contributed by atoms with Crippen molar-refractivity contribution < 1.29 is 19.3 Å². The summed E-state index contributed by atoms with van der Waals surface area (Å²) < 4.78 is 10.4. The fraction of sp³-hybridized carbons (Fsp3) is 0.133. The number of anilines is 1. The number of para-hydroxylation sites is 1. The Morgan fingerprint density at radius 3 is 2.44 bits per heavy atom. The van der Waals surface area contributed by atoms with Gasteiger partial charge < -0.3 is 9.47 Å². The third kappa shape index (κ3) is 3.99. The van der Waals surface area contributed by atoms with E-state index in [4.69, 9.17) is 9.47 Å². The molecule has 0 fully saturated rings. The first-order valence-electron chi connectivity index (χ1n) is 6.90. The molecule has 2 aromatic carbocycles. The van der Waals surface area contributed by atoms with Crippen molar-refractivity contribution in [1.29, 1.82) is 0 Å². The van der Waals surface area contributed by atoms with Gasteiger partial charge in [0, 0.05) is 11.6 Å². The highest BCUT2D eigenvalue weighted by Gasteiger charge is 2.19. The SMILES string of the molecule is COc1cccc(C=NNc2ccc([N+](=O)[O-])cc2[N+](=O)[O-])c1OC. The van der Waals surface area contributed by atoms with E-state index in [1.54, 1.807) is 18.2 Å². The quantitative estimate of drug-likeness (QED) is 0.463. The monoisotopic (exact) mass is 346 g/mol. The van der Waals surface area contributed by atoms with E-state index in [1.165, 1.54) is 26.5 Å². The molecule has 25 heavy (non-hydrogen) atoms. The Balaban J connectivity index is 2.28. The third-order valence-electron chi connectivity index (χ3n) is 3.21. The Morgan fingerprint density at radius 2 is 1.84 bits per heavy atom. The zero-order valence-electron chi connectivity index (χ0n) is 13.3. The van der Waals surface area contributed by atoms with E-state index in [9.17, 15) is 20.2 Å². The van der Waals surface area contributed by atoms with Crippen LogP contribution in [-0.4, -0.2) is 30.3 Å². The molecule has 0 aromatic heterocycles. The first-order chi connectivity index (χ1) is 12.0. The lowest BCUT2D eigenvalue weighted by Gasteiger charge is -2.09. The molecule has 0 radical (unpaired) electrons. The molecule has 0 amide bonds. The van der Waals surface area contributed by atoms with Gasteiger partial charge in [0.25, 0.3) is 5.69 Å². The fourth-order valence-electron chi connectivity index (χ4n) is 2.06. The van der Waals surface area contributed by atoms with Gasteiger partial charge in [-0.15, -0.1) is 0 Å². The van der Waals surface area contributed by atoms with Gasteiger partial charge in [-0.3, -0.25) is 25.7 Å². The van der Waals surface area contributed by atoms with Crippen LogP contribution in [0.5, 0.6) is 11.5 Å². The van der Waals surface area contributed by atoms with Gasteiger partial charge in [-0.2, -0.15) is 5.10 Å². The van der Waals surface area contributed by atoms with Gasteiger partial charge in [0.15, 0.2) is 11.5 Å². The minimum atomic E-state index is -0.725. The minimum absolute atomic E-state index is 0.0220. The van der Waals surface area contributed by atoms with Crippen molar-refractivity contribution in [1.82, 2.24) is 0 Å². The predicted octanol–water partition coefficient (Wildman–Crippen LogP) is 2.97. The summed E-state index contributed by atoms with van der Waals surface area (Å²) in [5.74, 6) is 0.960. The molecule has 0 spiro atoms. The summed E-state index contributed by atoms with van der Waals surface area (Å²) in [6.07, 6.45) is 1.40. The Morgan fingerprint density at radius 1 is 1.08 bits per heavy atom. The lowest BCUT2D eigenvalue weighted by atomic mass is 10.2. The van der Waals surface area contributed by atoms with E-state index in [0.29, 0.717) is 17.1 Å². The first kappa shape index (κ1) is 17.7. The summed E-state index contributed by atoms with van der Waals surface area (Å²) in [6, 6.07) is 8.40. The molecule has 10 nitrogen and oxygen atoms in total. The number of rotatable bonds is 7. The van der Waals surface area contributed by atoms with Crippen molar-refractivity contribution in [2.75, 3.05) is 19.6 Å². The Hall–Kier alpha value is -3.69. The number of methoxy groups -OCH3 is 2. The number of ether oxygens (including phenoxy) is 2. The smallest absolute Gasteiger partial charge is 0.301 e. The van der Waals surface area contributed by atoms with E-state index < -0.39 is 15.5 Å². The van der Waals surface area contributed by atoms with Crippen LogP contribution in [0.2, 0.25) is 0 Å². The standard InChI is InChI=1S/C15H14N4O6/c1-24-14-5-3-4-10(15(14)25-2)9-16-17-12-7-6-11(18(20)21)8-13(12)19(22)23/h3-9,17H,1-2H3. The van der Waals surface area contributed by atoms with Crippen LogP contribution in [-0.2, 0) is 0 Å². The highest BCUT2D eigenvalue weighted by atomic mass is 16.6. The third-order valence-corrected chi connectivity index (χ3v) is 3.21. The molecule has 0 saturated heterocycles. The zero-order chi connectivity index (χ0) is 18.4.